The Morgan fingerprint density at radius 3 is 2.56 bits per heavy atom. The lowest BCUT2D eigenvalue weighted by molar-refractivity contribution is -0.120. The third-order valence-electron chi connectivity index (χ3n) is 3.70. The van der Waals surface area contributed by atoms with Crippen molar-refractivity contribution in [2.24, 2.45) is 0 Å². The minimum atomic E-state index is -0.0750. The summed E-state index contributed by atoms with van der Waals surface area (Å²) in [5.41, 5.74) is 2.77. The summed E-state index contributed by atoms with van der Waals surface area (Å²) in [6.45, 7) is 2.43. The summed E-state index contributed by atoms with van der Waals surface area (Å²) in [7, 11) is 0. The molecule has 1 amide bonds. The van der Waals surface area contributed by atoms with E-state index in [1.807, 2.05) is 49.4 Å². The fourth-order valence-corrected chi connectivity index (χ4v) is 3.68. The average molecular weight is 391 g/mol. The third-order valence-corrected chi connectivity index (χ3v) is 5.30. The van der Waals surface area contributed by atoms with Crippen molar-refractivity contribution in [3.8, 4) is 11.3 Å². The Bertz CT molecular complexity index is 891. The standard InChI is InChI=1S/C19H16Cl2N2OS/c1-12-19(13-6-8-15(20)9-7-13)23-18(25-12)11-22-17(24)10-14-4-2-3-5-16(14)21/h2-9H,10-11H2,1H3,(H,22,24). The van der Waals surface area contributed by atoms with Gasteiger partial charge in [-0.2, -0.15) is 0 Å². The molecule has 0 fully saturated rings. The zero-order valence-corrected chi connectivity index (χ0v) is 15.9. The van der Waals surface area contributed by atoms with Crippen molar-refractivity contribution in [1.29, 1.82) is 0 Å². The molecule has 0 unspecified atom stereocenters. The van der Waals surface area contributed by atoms with Gasteiger partial charge in [0.1, 0.15) is 5.01 Å². The number of carbonyl (C=O) groups excluding carboxylic acids is 1. The quantitative estimate of drug-likeness (QED) is 0.643. The maximum Gasteiger partial charge on any atom is 0.224 e. The highest BCUT2D eigenvalue weighted by Gasteiger charge is 2.12. The normalized spacial score (nSPS) is 10.7. The number of aryl methyl sites for hydroxylation is 1. The van der Waals surface area contributed by atoms with Crippen molar-refractivity contribution in [1.82, 2.24) is 10.3 Å². The summed E-state index contributed by atoms with van der Waals surface area (Å²) in [6, 6.07) is 15.0. The van der Waals surface area contributed by atoms with E-state index in [4.69, 9.17) is 23.2 Å². The Balaban J connectivity index is 1.64. The van der Waals surface area contributed by atoms with E-state index >= 15 is 0 Å². The monoisotopic (exact) mass is 390 g/mol. The van der Waals surface area contributed by atoms with Gasteiger partial charge < -0.3 is 5.32 Å². The molecule has 128 valence electrons. The van der Waals surface area contributed by atoms with Crippen LogP contribution in [0.15, 0.2) is 48.5 Å². The molecule has 0 radical (unpaired) electrons. The summed E-state index contributed by atoms with van der Waals surface area (Å²) >= 11 is 13.6. The summed E-state index contributed by atoms with van der Waals surface area (Å²) in [4.78, 5) is 17.9. The zero-order chi connectivity index (χ0) is 17.8. The molecule has 0 bridgehead atoms. The molecule has 1 N–H and O–H groups in total. The van der Waals surface area contributed by atoms with E-state index in [9.17, 15) is 4.79 Å². The first-order valence-corrected chi connectivity index (χ1v) is 9.32. The minimum Gasteiger partial charge on any atom is -0.349 e. The van der Waals surface area contributed by atoms with Gasteiger partial charge in [-0.05, 0) is 30.7 Å². The second-order valence-corrected chi connectivity index (χ2v) is 7.70. The highest BCUT2D eigenvalue weighted by molar-refractivity contribution is 7.12. The molecule has 6 heteroatoms. The fraction of sp³-hybridized carbons (Fsp3) is 0.158. The lowest BCUT2D eigenvalue weighted by Gasteiger charge is -2.05. The van der Waals surface area contributed by atoms with Crippen LogP contribution in [0.25, 0.3) is 11.3 Å². The maximum absolute atomic E-state index is 12.1. The van der Waals surface area contributed by atoms with Crippen LogP contribution in [0, 0.1) is 6.92 Å². The molecule has 3 aromatic rings. The first kappa shape index (κ1) is 17.9. The number of nitrogens with one attached hydrogen (secondary N) is 1. The lowest BCUT2D eigenvalue weighted by Crippen LogP contribution is -2.24. The van der Waals surface area contributed by atoms with Gasteiger partial charge in [0.25, 0.3) is 0 Å². The van der Waals surface area contributed by atoms with E-state index in [-0.39, 0.29) is 12.3 Å². The van der Waals surface area contributed by atoms with E-state index in [1.54, 1.807) is 17.4 Å². The Kier molecular flexibility index (Phi) is 5.74. The van der Waals surface area contributed by atoms with Crippen LogP contribution in [0.2, 0.25) is 10.0 Å². The number of amides is 1. The average Bonchev–Trinajstić information content (AvgIpc) is 2.97. The molecule has 0 aliphatic carbocycles. The molecule has 2 aromatic carbocycles. The Morgan fingerprint density at radius 2 is 1.84 bits per heavy atom. The highest BCUT2D eigenvalue weighted by atomic mass is 35.5. The molecule has 0 saturated carbocycles. The molecule has 3 rings (SSSR count). The van der Waals surface area contributed by atoms with Crippen LogP contribution in [0.1, 0.15) is 15.4 Å². The van der Waals surface area contributed by atoms with Crippen LogP contribution >= 0.6 is 34.5 Å². The molecule has 0 aliphatic heterocycles. The Hall–Kier alpha value is -1.88. The predicted molar refractivity (Wildman–Crippen MR) is 104 cm³/mol. The lowest BCUT2D eigenvalue weighted by atomic mass is 10.1. The van der Waals surface area contributed by atoms with Crippen LogP contribution in [-0.2, 0) is 17.8 Å². The van der Waals surface area contributed by atoms with Crippen molar-refractivity contribution >= 4 is 40.4 Å². The molecule has 0 spiro atoms. The molecule has 1 aromatic heterocycles. The first-order chi connectivity index (χ1) is 12.0. The van der Waals surface area contributed by atoms with E-state index in [0.717, 1.165) is 26.7 Å². The van der Waals surface area contributed by atoms with E-state index < -0.39 is 0 Å². The number of aromatic nitrogens is 1. The third kappa shape index (κ3) is 4.60. The molecular weight excluding hydrogens is 375 g/mol. The van der Waals surface area contributed by atoms with Crippen molar-refractivity contribution in [3.63, 3.8) is 0 Å². The van der Waals surface area contributed by atoms with Gasteiger partial charge in [-0.1, -0.05) is 53.5 Å². The summed E-state index contributed by atoms with van der Waals surface area (Å²) < 4.78 is 0. The van der Waals surface area contributed by atoms with Gasteiger partial charge in [-0.3, -0.25) is 4.79 Å². The molecular formula is C19H16Cl2N2OS. The van der Waals surface area contributed by atoms with E-state index in [0.29, 0.717) is 16.6 Å². The van der Waals surface area contributed by atoms with E-state index in [1.165, 1.54) is 0 Å². The smallest absolute Gasteiger partial charge is 0.224 e. The Labute approximate surface area is 160 Å². The highest BCUT2D eigenvalue weighted by Crippen LogP contribution is 2.28. The molecule has 0 saturated heterocycles. The summed E-state index contributed by atoms with van der Waals surface area (Å²) in [5, 5.41) is 5.08. The number of nitrogens with zero attached hydrogens (tertiary/aromatic N) is 1. The van der Waals surface area contributed by atoms with Crippen LogP contribution in [0.4, 0.5) is 0 Å². The predicted octanol–water partition coefficient (Wildman–Crippen LogP) is 5.28. The SMILES string of the molecule is Cc1sc(CNC(=O)Cc2ccccc2Cl)nc1-c1ccc(Cl)cc1. The first-order valence-electron chi connectivity index (χ1n) is 7.75. The maximum atomic E-state index is 12.1. The van der Waals surface area contributed by atoms with Gasteiger partial charge in [-0.15, -0.1) is 11.3 Å². The molecule has 1 heterocycles. The number of benzene rings is 2. The van der Waals surface area contributed by atoms with Gasteiger partial charge in [0.05, 0.1) is 18.7 Å². The molecule has 3 nitrogen and oxygen atoms in total. The van der Waals surface area contributed by atoms with Gasteiger partial charge in [-0.25, -0.2) is 4.98 Å². The summed E-state index contributed by atoms with van der Waals surface area (Å²) in [6.07, 6.45) is 0.258. The van der Waals surface area contributed by atoms with Crippen molar-refractivity contribution < 1.29 is 4.79 Å². The second kappa shape index (κ2) is 8.00. The minimum absolute atomic E-state index is 0.0750. The number of hydrogen-bond acceptors (Lipinski definition) is 3. The van der Waals surface area contributed by atoms with Crippen LogP contribution in [0.5, 0.6) is 0 Å². The largest absolute Gasteiger partial charge is 0.349 e. The Morgan fingerprint density at radius 1 is 1.12 bits per heavy atom. The fourth-order valence-electron chi connectivity index (χ4n) is 2.45. The van der Waals surface area contributed by atoms with Crippen LogP contribution in [-0.4, -0.2) is 10.9 Å². The second-order valence-electron chi connectivity index (χ2n) is 5.56. The van der Waals surface area contributed by atoms with Crippen molar-refractivity contribution in [2.75, 3.05) is 0 Å². The summed E-state index contributed by atoms with van der Waals surface area (Å²) in [5.74, 6) is -0.0750. The zero-order valence-electron chi connectivity index (χ0n) is 13.6. The van der Waals surface area contributed by atoms with Gasteiger partial charge in [0.2, 0.25) is 5.91 Å². The van der Waals surface area contributed by atoms with Gasteiger partial charge in [0.15, 0.2) is 0 Å². The molecule has 0 aliphatic rings. The number of halogens is 2. The van der Waals surface area contributed by atoms with E-state index in [2.05, 4.69) is 10.3 Å². The molecule has 25 heavy (non-hydrogen) atoms. The van der Waals surface area contributed by atoms with Crippen molar-refractivity contribution in [3.05, 3.63) is 74.0 Å². The van der Waals surface area contributed by atoms with Crippen LogP contribution in [0.3, 0.4) is 0 Å². The van der Waals surface area contributed by atoms with Gasteiger partial charge >= 0.3 is 0 Å². The topological polar surface area (TPSA) is 42.0 Å². The van der Waals surface area contributed by atoms with Gasteiger partial charge in [0, 0.05) is 20.5 Å². The number of rotatable bonds is 5. The number of hydrogen-bond donors (Lipinski definition) is 1. The van der Waals surface area contributed by atoms with Crippen molar-refractivity contribution in [2.45, 2.75) is 19.9 Å². The molecule has 0 atom stereocenters. The number of carbonyl (C=O) groups is 1. The number of thiazole rings is 1. The van der Waals surface area contributed by atoms with Crippen LogP contribution < -0.4 is 5.32 Å².